The third kappa shape index (κ3) is 3.16. The molecule has 108 valence electrons. The topological polar surface area (TPSA) is 47.3 Å². The van der Waals surface area contributed by atoms with Crippen LogP contribution in [-0.2, 0) is 19.8 Å². The zero-order valence-electron chi connectivity index (χ0n) is 11.4. The number of benzene rings is 1. The summed E-state index contributed by atoms with van der Waals surface area (Å²) >= 11 is 9.65. The summed E-state index contributed by atoms with van der Waals surface area (Å²) < 4.78 is 8.61. The van der Waals surface area contributed by atoms with Gasteiger partial charge in [-0.25, -0.2) is 0 Å². The van der Waals surface area contributed by atoms with Crippen LogP contribution in [0, 0.1) is 6.92 Å². The molecule has 6 heteroatoms. The van der Waals surface area contributed by atoms with Gasteiger partial charge in [0.15, 0.2) is 0 Å². The van der Waals surface area contributed by atoms with E-state index < -0.39 is 0 Å². The Morgan fingerprint density at radius 1 is 1.45 bits per heavy atom. The summed E-state index contributed by atoms with van der Waals surface area (Å²) in [7, 11) is 0. The van der Waals surface area contributed by atoms with Crippen molar-refractivity contribution in [1.29, 1.82) is 0 Å². The van der Waals surface area contributed by atoms with Crippen LogP contribution >= 0.6 is 27.5 Å². The number of nitrogens with zero attached hydrogens (tertiary/aromatic N) is 2. The van der Waals surface area contributed by atoms with Crippen LogP contribution < -0.4 is 4.74 Å². The van der Waals surface area contributed by atoms with Gasteiger partial charge >= 0.3 is 0 Å². The molecule has 0 aliphatic rings. The van der Waals surface area contributed by atoms with Gasteiger partial charge in [-0.15, -0.1) is 0 Å². The van der Waals surface area contributed by atoms with E-state index in [2.05, 4.69) is 21.0 Å². The van der Waals surface area contributed by atoms with E-state index in [9.17, 15) is 0 Å². The summed E-state index contributed by atoms with van der Waals surface area (Å²) in [6, 6.07) is 5.26. The number of aromatic nitrogens is 2. The average Bonchev–Trinajstić information content (AvgIpc) is 2.73. The zero-order chi connectivity index (χ0) is 14.7. The molecule has 0 saturated carbocycles. The Balaban J connectivity index is 2.17. The minimum atomic E-state index is -0.0344. The van der Waals surface area contributed by atoms with Crippen LogP contribution in [0.3, 0.4) is 0 Å². The molecule has 0 fully saturated rings. The smallest absolute Gasteiger partial charge is 0.138 e. The summed E-state index contributed by atoms with van der Waals surface area (Å²) in [4.78, 5) is 0. The molecule has 0 aliphatic heterocycles. The van der Waals surface area contributed by atoms with E-state index >= 15 is 0 Å². The first-order valence-electron chi connectivity index (χ1n) is 6.30. The van der Waals surface area contributed by atoms with Crippen LogP contribution in [0.25, 0.3) is 0 Å². The van der Waals surface area contributed by atoms with Gasteiger partial charge in [-0.2, -0.15) is 5.10 Å². The molecule has 0 spiro atoms. The number of hydrogen-bond acceptors (Lipinski definition) is 3. The van der Waals surface area contributed by atoms with Gasteiger partial charge in [0.1, 0.15) is 12.4 Å². The minimum absolute atomic E-state index is 0.0344. The Bertz CT molecular complexity index is 613. The SMILES string of the molecule is CCn1nc(C)c(Br)c1COc1ccc(CO)cc1Cl. The monoisotopic (exact) mass is 358 g/mol. The molecule has 1 aromatic carbocycles. The Labute approximate surface area is 131 Å². The van der Waals surface area contributed by atoms with E-state index in [-0.39, 0.29) is 6.61 Å². The normalized spacial score (nSPS) is 10.8. The molecule has 0 bridgehead atoms. The highest BCUT2D eigenvalue weighted by Crippen LogP contribution is 2.28. The van der Waals surface area contributed by atoms with Crippen LogP contribution in [-0.4, -0.2) is 14.9 Å². The number of halogens is 2. The predicted octanol–water partition coefficient (Wildman–Crippen LogP) is 3.70. The maximum atomic E-state index is 9.05. The lowest BCUT2D eigenvalue weighted by molar-refractivity contribution is 0.279. The summed E-state index contributed by atoms with van der Waals surface area (Å²) in [6.07, 6.45) is 0. The van der Waals surface area contributed by atoms with Gasteiger partial charge in [0.05, 0.1) is 27.5 Å². The summed E-state index contributed by atoms with van der Waals surface area (Å²) in [5.74, 6) is 0.595. The fourth-order valence-electron chi connectivity index (χ4n) is 1.91. The Hall–Kier alpha value is -1.04. The molecule has 20 heavy (non-hydrogen) atoms. The zero-order valence-corrected chi connectivity index (χ0v) is 13.7. The molecule has 1 heterocycles. The average molecular weight is 360 g/mol. The Kier molecular flexibility index (Phi) is 5.07. The van der Waals surface area contributed by atoms with Crippen LogP contribution in [0.4, 0.5) is 0 Å². The standard InChI is InChI=1S/C14H16BrClN2O2/c1-3-18-12(14(15)9(2)17-18)8-20-13-5-4-10(7-19)6-11(13)16/h4-6,19H,3,7-8H2,1-2H3. The molecule has 4 nitrogen and oxygen atoms in total. The van der Waals surface area contributed by atoms with Crippen molar-refractivity contribution in [2.45, 2.75) is 33.6 Å². The van der Waals surface area contributed by atoms with Crippen molar-refractivity contribution >= 4 is 27.5 Å². The van der Waals surface area contributed by atoms with E-state index in [4.69, 9.17) is 21.4 Å². The molecule has 0 aliphatic carbocycles. The lowest BCUT2D eigenvalue weighted by atomic mass is 10.2. The van der Waals surface area contributed by atoms with Crippen LogP contribution in [0.1, 0.15) is 23.9 Å². The van der Waals surface area contributed by atoms with Gasteiger partial charge < -0.3 is 9.84 Å². The maximum Gasteiger partial charge on any atom is 0.138 e. The molecule has 1 N–H and O–H groups in total. The Morgan fingerprint density at radius 2 is 2.20 bits per heavy atom. The summed E-state index contributed by atoms with van der Waals surface area (Å²) in [5.41, 5.74) is 2.68. The lowest BCUT2D eigenvalue weighted by Crippen LogP contribution is -2.06. The predicted molar refractivity (Wildman–Crippen MR) is 82.0 cm³/mol. The van der Waals surface area contributed by atoms with Crippen molar-refractivity contribution in [2.75, 3.05) is 0 Å². The lowest BCUT2D eigenvalue weighted by Gasteiger charge is -2.10. The second kappa shape index (κ2) is 6.61. The molecular weight excluding hydrogens is 344 g/mol. The molecule has 0 saturated heterocycles. The third-order valence-corrected chi connectivity index (χ3v) is 4.32. The quantitative estimate of drug-likeness (QED) is 0.885. The first kappa shape index (κ1) is 15.4. The van der Waals surface area contributed by atoms with Crippen molar-refractivity contribution in [3.63, 3.8) is 0 Å². The van der Waals surface area contributed by atoms with Crippen LogP contribution in [0.5, 0.6) is 5.75 Å². The molecule has 2 rings (SSSR count). The summed E-state index contributed by atoms with van der Waals surface area (Å²) in [6.45, 7) is 5.11. The molecule has 0 radical (unpaired) electrons. The number of aliphatic hydroxyl groups excluding tert-OH is 1. The van der Waals surface area contributed by atoms with Gasteiger partial charge in [0.2, 0.25) is 0 Å². The largest absolute Gasteiger partial charge is 0.486 e. The maximum absolute atomic E-state index is 9.05. The summed E-state index contributed by atoms with van der Waals surface area (Å²) in [5, 5.41) is 14.0. The third-order valence-electron chi connectivity index (χ3n) is 3.00. The molecule has 0 atom stereocenters. The fraction of sp³-hybridized carbons (Fsp3) is 0.357. The number of aryl methyl sites for hydroxylation is 2. The van der Waals surface area contributed by atoms with Crippen molar-refractivity contribution in [1.82, 2.24) is 9.78 Å². The van der Waals surface area contributed by atoms with Crippen LogP contribution in [0.2, 0.25) is 5.02 Å². The highest BCUT2D eigenvalue weighted by atomic mass is 79.9. The van der Waals surface area contributed by atoms with Gasteiger partial charge in [-0.1, -0.05) is 17.7 Å². The van der Waals surface area contributed by atoms with Gasteiger partial charge in [-0.05, 0) is 47.5 Å². The highest BCUT2D eigenvalue weighted by Gasteiger charge is 2.13. The van der Waals surface area contributed by atoms with E-state index in [1.54, 1.807) is 18.2 Å². The molecule has 0 amide bonds. The number of hydrogen-bond donors (Lipinski definition) is 1. The van der Waals surface area contributed by atoms with E-state index in [1.807, 2.05) is 18.5 Å². The van der Waals surface area contributed by atoms with Crippen LogP contribution in [0.15, 0.2) is 22.7 Å². The molecule has 2 aromatic rings. The second-order valence-corrected chi connectivity index (χ2v) is 5.57. The first-order valence-corrected chi connectivity index (χ1v) is 7.47. The van der Waals surface area contributed by atoms with Crippen molar-refractivity contribution in [3.8, 4) is 5.75 Å². The van der Waals surface area contributed by atoms with Gasteiger partial charge in [-0.3, -0.25) is 4.68 Å². The number of aliphatic hydroxyl groups is 1. The van der Waals surface area contributed by atoms with Gasteiger partial charge in [0.25, 0.3) is 0 Å². The highest BCUT2D eigenvalue weighted by molar-refractivity contribution is 9.10. The van der Waals surface area contributed by atoms with Crippen molar-refractivity contribution < 1.29 is 9.84 Å². The van der Waals surface area contributed by atoms with E-state index in [0.29, 0.717) is 17.4 Å². The van der Waals surface area contributed by atoms with E-state index in [1.165, 1.54) is 0 Å². The molecular formula is C14H16BrClN2O2. The second-order valence-electron chi connectivity index (χ2n) is 4.37. The van der Waals surface area contributed by atoms with Crippen molar-refractivity contribution in [3.05, 3.63) is 44.6 Å². The van der Waals surface area contributed by atoms with Gasteiger partial charge in [0, 0.05) is 6.54 Å². The Morgan fingerprint density at radius 3 is 2.80 bits per heavy atom. The number of rotatable bonds is 5. The van der Waals surface area contributed by atoms with Crippen molar-refractivity contribution in [2.24, 2.45) is 0 Å². The minimum Gasteiger partial charge on any atom is -0.486 e. The molecule has 0 unspecified atom stereocenters. The number of ether oxygens (including phenoxy) is 1. The first-order chi connectivity index (χ1) is 9.56. The van der Waals surface area contributed by atoms with E-state index in [0.717, 1.165) is 28.0 Å². The fourth-order valence-corrected chi connectivity index (χ4v) is 2.57. The molecule has 1 aromatic heterocycles.